The van der Waals surface area contributed by atoms with Crippen LogP contribution < -0.4 is 0 Å². The van der Waals surface area contributed by atoms with Crippen molar-refractivity contribution in [2.75, 3.05) is 13.1 Å². The minimum atomic E-state index is -0.576. The first-order valence-electron chi connectivity index (χ1n) is 4.93. The zero-order valence-electron chi connectivity index (χ0n) is 8.64. The molecule has 1 heterocycles. The van der Waals surface area contributed by atoms with Gasteiger partial charge >= 0.3 is 0 Å². The van der Waals surface area contributed by atoms with Crippen molar-refractivity contribution in [3.8, 4) is 0 Å². The van der Waals surface area contributed by atoms with Gasteiger partial charge in [-0.2, -0.15) is 0 Å². The van der Waals surface area contributed by atoms with E-state index in [0.29, 0.717) is 16.0 Å². The van der Waals surface area contributed by atoms with Crippen molar-refractivity contribution in [1.82, 2.24) is 4.90 Å². The van der Waals surface area contributed by atoms with E-state index in [1.54, 1.807) is 11.0 Å². The Bertz CT molecular complexity index is 423. The van der Waals surface area contributed by atoms with Gasteiger partial charge in [-0.05, 0) is 34.0 Å². The molecule has 0 unspecified atom stereocenters. The van der Waals surface area contributed by atoms with Crippen LogP contribution in [0.15, 0.2) is 16.6 Å². The summed E-state index contributed by atoms with van der Waals surface area (Å²) in [5.74, 6) is -0.188. The summed E-state index contributed by atoms with van der Waals surface area (Å²) in [5, 5.41) is 0.00790. The predicted octanol–water partition coefficient (Wildman–Crippen LogP) is 3.33. The standard InChI is InChI=1S/C11H10BrClFNO/c1-6-4-15(5-6)11(16)7-2-8(12)10(13)9(14)3-7/h2-3,6H,4-5H2,1H3. The van der Waals surface area contributed by atoms with Crippen molar-refractivity contribution in [1.29, 1.82) is 0 Å². The number of carbonyl (C=O) groups excluding carboxylic acids is 1. The van der Waals surface area contributed by atoms with Gasteiger partial charge in [-0.1, -0.05) is 18.5 Å². The average molecular weight is 307 g/mol. The Morgan fingerprint density at radius 2 is 2.19 bits per heavy atom. The van der Waals surface area contributed by atoms with Crippen molar-refractivity contribution < 1.29 is 9.18 Å². The number of amides is 1. The summed E-state index contributed by atoms with van der Waals surface area (Å²) in [5.41, 5.74) is 0.334. The topological polar surface area (TPSA) is 20.3 Å². The van der Waals surface area contributed by atoms with Gasteiger partial charge in [0.05, 0.1) is 5.02 Å². The van der Waals surface area contributed by atoms with E-state index >= 15 is 0 Å². The van der Waals surface area contributed by atoms with E-state index in [1.165, 1.54) is 6.07 Å². The normalized spacial score (nSPS) is 16.1. The second-order valence-corrected chi connectivity index (χ2v) is 5.30. The van der Waals surface area contributed by atoms with Gasteiger partial charge in [0.1, 0.15) is 5.82 Å². The van der Waals surface area contributed by atoms with E-state index in [-0.39, 0.29) is 10.9 Å². The van der Waals surface area contributed by atoms with Crippen molar-refractivity contribution in [3.63, 3.8) is 0 Å². The van der Waals surface area contributed by atoms with E-state index < -0.39 is 5.82 Å². The highest BCUT2D eigenvalue weighted by atomic mass is 79.9. The largest absolute Gasteiger partial charge is 0.338 e. The number of likely N-dealkylation sites (tertiary alicyclic amines) is 1. The minimum absolute atomic E-state index is 0.00790. The van der Waals surface area contributed by atoms with Gasteiger partial charge in [0.25, 0.3) is 5.91 Å². The van der Waals surface area contributed by atoms with Gasteiger partial charge < -0.3 is 4.90 Å². The summed E-state index contributed by atoms with van der Waals surface area (Å²) in [6.07, 6.45) is 0. The zero-order chi connectivity index (χ0) is 11.9. The van der Waals surface area contributed by atoms with Crippen LogP contribution in [-0.4, -0.2) is 23.9 Å². The summed E-state index contributed by atoms with van der Waals surface area (Å²) in [7, 11) is 0. The highest BCUT2D eigenvalue weighted by Crippen LogP contribution is 2.28. The van der Waals surface area contributed by atoms with E-state index in [2.05, 4.69) is 22.9 Å². The highest BCUT2D eigenvalue weighted by Gasteiger charge is 2.28. The molecular formula is C11H10BrClFNO. The lowest BCUT2D eigenvalue weighted by molar-refractivity contribution is 0.0530. The van der Waals surface area contributed by atoms with Crippen molar-refractivity contribution >= 4 is 33.4 Å². The smallest absolute Gasteiger partial charge is 0.254 e. The Kier molecular flexibility index (Phi) is 3.22. The first kappa shape index (κ1) is 11.9. The molecule has 1 amide bonds. The second kappa shape index (κ2) is 4.34. The van der Waals surface area contributed by atoms with Crippen LogP contribution in [0.5, 0.6) is 0 Å². The quantitative estimate of drug-likeness (QED) is 0.729. The summed E-state index contributed by atoms with van der Waals surface area (Å²) in [4.78, 5) is 13.6. The molecule has 0 N–H and O–H groups in total. The molecule has 1 saturated heterocycles. The lowest BCUT2D eigenvalue weighted by Crippen LogP contribution is -2.48. The summed E-state index contributed by atoms with van der Waals surface area (Å²) >= 11 is 8.78. The Labute approximate surface area is 107 Å². The first-order valence-corrected chi connectivity index (χ1v) is 6.10. The van der Waals surface area contributed by atoms with E-state index in [0.717, 1.165) is 13.1 Å². The molecule has 0 atom stereocenters. The molecule has 1 aliphatic rings. The van der Waals surface area contributed by atoms with Crippen LogP contribution >= 0.6 is 27.5 Å². The Morgan fingerprint density at radius 1 is 1.56 bits per heavy atom. The van der Waals surface area contributed by atoms with Gasteiger partial charge in [0.15, 0.2) is 0 Å². The molecule has 1 fully saturated rings. The summed E-state index contributed by atoms with van der Waals surface area (Å²) < 4.78 is 13.7. The molecule has 2 rings (SSSR count). The molecule has 1 aliphatic heterocycles. The molecule has 0 bridgehead atoms. The number of nitrogens with zero attached hydrogens (tertiary/aromatic N) is 1. The Morgan fingerprint density at radius 3 is 2.69 bits per heavy atom. The first-order chi connectivity index (χ1) is 7.49. The van der Waals surface area contributed by atoms with Crippen molar-refractivity contribution in [2.24, 2.45) is 5.92 Å². The van der Waals surface area contributed by atoms with Crippen LogP contribution in [0, 0.1) is 11.7 Å². The average Bonchev–Trinajstić information content (AvgIpc) is 2.19. The van der Waals surface area contributed by atoms with Crippen molar-refractivity contribution in [3.05, 3.63) is 33.0 Å². The van der Waals surface area contributed by atoms with Crippen molar-refractivity contribution in [2.45, 2.75) is 6.92 Å². The minimum Gasteiger partial charge on any atom is -0.338 e. The van der Waals surface area contributed by atoms with E-state index in [4.69, 9.17) is 11.6 Å². The number of hydrogen-bond donors (Lipinski definition) is 0. The monoisotopic (exact) mass is 305 g/mol. The number of hydrogen-bond acceptors (Lipinski definition) is 1. The van der Waals surface area contributed by atoms with E-state index in [1.807, 2.05) is 0 Å². The second-order valence-electron chi connectivity index (χ2n) is 4.07. The van der Waals surface area contributed by atoms with Gasteiger partial charge in [0, 0.05) is 23.1 Å². The molecular weight excluding hydrogens is 296 g/mol. The van der Waals surface area contributed by atoms with Crippen LogP contribution in [0.2, 0.25) is 5.02 Å². The zero-order valence-corrected chi connectivity index (χ0v) is 11.0. The van der Waals surface area contributed by atoms with Crippen LogP contribution in [-0.2, 0) is 0 Å². The third-order valence-electron chi connectivity index (χ3n) is 2.58. The third-order valence-corrected chi connectivity index (χ3v) is 3.82. The molecule has 16 heavy (non-hydrogen) atoms. The van der Waals surface area contributed by atoms with Gasteiger partial charge in [-0.15, -0.1) is 0 Å². The molecule has 0 radical (unpaired) electrons. The Hall–Kier alpha value is -0.610. The van der Waals surface area contributed by atoms with Crippen LogP contribution in [0.4, 0.5) is 4.39 Å². The summed E-state index contributed by atoms with van der Waals surface area (Å²) in [6.45, 7) is 3.55. The van der Waals surface area contributed by atoms with E-state index in [9.17, 15) is 9.18 Å². The number of halogens is 3. The number of carbonyl (C=O) groups is 1. The highest BCUT2D eigenvalue weighted by molar-refractivity contribution is 9.10. The molecule has 2 nitrogen and oxygen atoms in total. The maximum Gasteiger partial charge on any atom is 0.254 e. The number of rotatable bonds is 1. The maximum absolute atomic E-state index is 13.3. The molecule has 5 heteroatoms. The molecule has 86 valence electrons. The fourth-order valence-electron chi connectivity index (χ4n) is 1.73. The lowest BCUT2D eigenvalue weighted by Gasteiger charge is -2.37. The predicted molar refractivity (Wildman–Crippen MR) is 64.2 cm³/mol. The maximum atomic E-state index is 13.3. The summed E-state index contributed by atoms with van der Waals surface area (Å²) in [6, 6.07) is 2.73. The fraction of sp³-hybridized carbons (Fsp3) is 0.364. The van der Waals surface area contributed by atoms with Crippen LogP contribution in [0.25, 0.3) is 0 Å². The fourth-order valence-corrected chi connectivity index (χ4v) is 2.27. The molecule has 0 saturated carbocycles. The van der Waals surface area contributed by atoms with Gasteiger partial charge in [-0.3, -0.25) is 4.79 Å². The lowest BCUT2D eigenvalue weighted by atomic mass is 10.0. The van der Waals surface area contributed by atoms with Crippen LogP contribution in [0.3, 0.4) is 0 Å². The van der Waals surface area contributed by atoms with Gasteiger partial charge in [0.2, 0.25) is 0 Å². The van der Waals surface area contributed by atoms with Gasteiger partial charge in [-0.25, -0.2) is 4.39 Å². The number of benzene rings is 1. The molecule has 0 aliphatic carbocycles. The Balaban J connectivity index is 2.24. The molecule has 0 spiro atoms. The third kappa shape index (κ3) is 2.09. The van der Waals surface area contributed by atoms with Crippen LogP contribution in [0.1, 0.15) is 17.3 Å². The SMILES string of the molecule is CC1CN(C(=O)c2cc(F)c(Cl)c(Br)c2)C1. The molecule has 1 aromatic carbocycles. The molecule has 1 aromatic rings. The molecule has 0 aromatic heterocycles.